The van der Waals surface area contributed by atoms with Crippen LogP contribution in [-0.4, -0.2) is 25.8 Å². The molecule has 3 N–H and O–H groups in total. The summed E-state index contributed by atoms with van der Waals surface area (Å²) < 4.78 is 27.3. The van der Waals surface area contributed by atoms with Gasteiger partial charge in [-0.05, 0) is 58.0 Å². The van der Waals surface area contributed by atoms with E-state index in [0.717, 1.165) is 5.56 Å². The Kier molecular flexibility index (Phi) is 6.02. The average Bonchev–Trinajstić information content (AvgIpc) is 2.58. The number of sulfonamides is 1. The largest absolute Gasteiger partial charge is 0.269 e. The summed E-state index contributed by atoms with van der Waals surface area (Å²) in [6.45, 7) is 7.07. The second-order valence-electron chi connectivity index (χ2n) is 7.16. The lowest BCUT2D eigenvalue weighted by Gasteiger charge is -2.20. The Hall–Kier alpha value is -2.71. The Labute approximate surface area is 159 Å². The molecule has 0 aliphatic rings. The molecule has 0 unspecified atom stereocenters. The normalized spacial score (nSPS) is 11.7. The molecule has 144 valence electrons. The van der Waals surface area contributed by atoms with E-state index >= 15 is 0 Å². The monoisotopic (exact) mass is 389 g/mol. The highest BCUT2D eigenvalue weighted by molar-refractivity contribution is 7.89. The molecular formula is C19H23N3O4S. The summed E-state index contributed by atoms with van der Waals surface area (Å²) in [6.07, 6.45) is 0. The minimum absolute atomic E-state index is 0.0325. The van der Waals surface area contributed by atoms with Crippen LogP contribution in [0.4, 0.5) is 0 Å². The summed E-state index contributed by atoms with van der Waals surface area (Å²) >= 11 is 0. The van der Waals surface area contributed by atoms with Gasteiger partial charge in [-0.3, -0.25) is 20.4 Å². The van der Waals surface area contributed by atoms with Crippen LogP contribution in [0.5, 0.6) is 0 Å². The molecule has 2 amide bonds. The third-order valence-corrected chi connectivity index (χ3v) is 5.21. The van der Waals surface area contributed by atoms with Gasteiger partial charge in [-0.2, -0.15) is 0 Å². The van der Waals surface area contributed by atoms with Gasteiger partial charge in [0.05, 0.1) is 4.90 Å². The van der Waals surface area contributed by atoms with Crippen LogP contribution in [0.1, 0.15) is 47.1 Å². The molecule has 0 saturated carbocycles. The van der Waals surface area contributed by atoms with Crippen molar-refractivity contribution in [1.82, 2.24) is 15.6 Å². The molecule has 7 nitrogen and oxygen atoms in total. The number of nitrogens with one attached hydrogen (secondary N) is 3. The molecule has 0 spiro atoms. The zero-order valence-corrected chi connectivity index (χ0v) is 16.5. The van der Waals surface area contributed by atoms with Crippen LogP contribution < -0.4 is 15.6 Å². The second kappa shape index (κ2) is 7.89. The molecule has 8 heteroatoms. The van der Waals surface area contributed by atoms with E-state index in [4.69, 9.17) is 0 Å². The van der Waals surface area contributed by atoms with Crippen LogP contribution >= 0.6 is 0 Å². The minimum Gasteiger partial charge on any atom is -0.267 e. The standard InChI is InChI=1S/C19H23N3O4S/c1-13-8-10-14(11-9-13)17(23)20-21-18(24)15-6-5-7-16(12-15)27(25,26)22-19(2,3)4/h5-12,22H,1-4H3,(H,20,23)(H,21,24). The topological polar surface area (TPSA) is 104 Å². The fourth-order valence-electron chi connectivity index (χ4n) is 2.23. The van der Waals surface area contributed by atoms with Gasteiger partial charge in [-0.15, -0.1) is 0 Å². The molecule has 2 aromatic rings. The summed E-state index contributed by atoms with van der Waals surface area (Å²) in [7, 11) is -3.77. The van der Waals surface area contributed by atoms with Crippen molar-refractivity contribution in [3.63, 3.8) is 0 Å². The number of benzene rings is 2. The third kappa shape index (κ3) is 5.90. The van der Waals surface area contributed by atoms with Crippen LogP contribution in [0.25, 0.3) is 0 Å². The van der Waals surface area contributed by atoms with Gasteiger partial charge in [0.2, 0.25) is 10.0 Å². The predicted octanol–water partition coefficient (Wildman–Crippen LogP) is 2.15. The first-order valence-electron chi connectivity index (χ1n) is 8.29. The Balaban J connectivity index is 2.09. The van der Waals surface area contributed by atoms with E-state index in [0.29, 0.717) is 5.56 Å². The van der Waals surface area contributed by atoms with Gasteiger partial charge in [-0.1, -0.05) is 23.8 Å². The molecule has 0 aromatic heterocycles. The van der Waals surface area contributed by atoms with Gasteiger partial charge in [0.15, 0.2) is 0 Å². The summed E-state index contributed by atoms with van der Waals surface area (Å²) in [5.74, 6) is -1.09. The predicted molar refractivity (Wildman–Crippen MR) is 103 cm³/mol. The van der Waals surface area contributed by atoms with E-state index in [1.807, 2.05) is 6.92 Å². The molecule has 0 atom stereocenters. The fourth-order valence-corrected chi connectivity index (χ4v) is 3.69. The Morgan fingerprint density at radius 2 is 1.41 bits per heavy atom. The van der Waals surface area contributed by atoms with E-state index in [2.05, 4.69) is 15.6 Å². The van der Waals surface area contributed by atoms with E-state index in [9.17, 15) is 18.0 Å². The van der Waals surface area contributed by atoms with Crippen molar-refractivity contribution in [1.29, 1.82) is 0 Å². The molecule has 0 bridgehead atoms. The van der Waals surface area contributed by atoms with Crippen molar-refractivity contribution >= 4 is 21.8 Å². The highest BCUT2D eigenvalue weighted by Gasteiger charge is 2.22. The quantitative estimate of drug-likeness (QED) is 0.697. The van der Waals surface area contributed by atoms with Gasteiger partial charge < -0.3 is 0 Å². The van der Waals surface area contributed by atoms with Gasteiger partial charge >= 0.3 is 0 Å². The first-order chi connectivity index (χ1) is 12.5. The van der Waals surface area contributed by atoms with Crippen molar-refractivity contribution in [2.75, 3.05) is 0 Å². The van der Waals surface area contributed by atoms with Gasteiger partial charge in [-0.25, -0.2) is 13.1 Å². The zero-order chi connectivity index (χ0) is 20.2. The molecule has 0 radical (unpaired) electrons. The van der Waals surface area contributed by atoms with Crippen molar-refractivity contribution in [3.8, 4) is 0 Å². The number of hydrogen-bond donors (Lipinski definition) is 3. The molecule has 27 heavy (non-hydrogen) atoms. The first-order valence-corrected chi connectivity index (χ1v) is 9.78. The van der Waals surface area contributed by atoms with Crippen LogP contribution in [0, 0.1) is 6.92 Å². The summed E-state index contributed by atoms with van der Waals surface area (Å²) in [5, 5.41) is 0. The van der Waals surface area contributed by atoms with E-state index in [1.165, 1.54) is 24.3 Å². The Morgan fingerprint density at radius 3 is 1.96 bits per heavy atom. The molecule has 0 aliphatic heterocycles. The maximum absolute atomic E-state index is 12.4. The fraction of sp³-hybridized carbons (Fsp3) is 0.263. The van der Waals surface area contributed by atoms with E-state index in [1.54, 1.807) is 45.0 Å². The van der Waals surface area contributed by atoms with E-state index < -0.39 is 27.4 Å². The maximum atomic E-state index is 12.4. The summed E-state index contributed by atoms with van der Waals surface area (Å²) in [4.78, 5) is 24.3. The highest BCUT2D eigenvalue weighted by atomic mass is 32.2. The smallest absolute Gasteiger partial charge is 0.267 e. The van der Waals surface area contributed by atoms with Crippen LogP contribution in [0.3, 0.4) is 0 Å². The van der Waals surface area contributed by atoms with Gasteiger partial charge in [0.1, 0.15) is 0 Å². The summed E-state index contributed by atoms with van der Waals surface area (Å²) in [6, 6.07) is 12.4. The Morgan fingerprint density at radius 1 is 0.852 bits per heavy atom. The molecule has 0 saturated heterocycles. The number of hydrazine groups is 1. The van der Waals surface area contributed by atoms with Crippen molar-refractivity contribution in [2.24, 2.45) is 0 Å². The van der Waals surface area contributed by atoms with Crippen LogP contribution in [0.2, 0.25) is 0 Å². The van der Waals surface area contributed by atoms with Gasteiger partial charge in [0.25, 0.3) is 11.8 Å². The lowest BCUT2D eigenvalue weighted by atomic mass is 10.1. The van der Waals surface area contributed by atoms with Gasteiger partial charge in [0, 0.05) is 16.7 Å². The Bertz CT molecular complexity index is 946. The average molecular weight is 389 g/mol. The number of rotatable bonds is 4. The van der Waals surface area contributed by atoms with Crippen LogP contribution in [0.15, 0.2) is 53.4 Å². The van der Waals surface area contributed by atoms with Crippen molar-refractivity contribution < 1.29 is 18.0 Å². The number of hydrogen-bond acceptors (Lipinski definition) is 4. The summed E-state index contributed by atoms with van der Waals surface area (Å²) in [5.41, 5.74) is 5.45. The van der Waals surface area contributed by atoms with Crippen molar-refractivity contribution in [2.45, 2.75) is 38.1 Å². The number of carbonyl (C=O) groups excluding carboxylic acids is 2. The van der Waals surface area contributed by atoms with Crippen LogP contribution in [-0.2, 0) is 10.0 Å². The third-order valence-electron chi connectivity index (χ3n) is 3.45. The maximum Gasteiger partial charge on any atom is 0.269 e. The molecular weight excluding hydrogens is 366 g/mol. The SMILES string of the molecule is Cc1ccc(C(=O)NNC(=O)c2cccc(S(=O)(=O)NC(C)(C)C)c2)cc1. The number of carbonyl (C=O) groups is 2. The molecule has 0 aliphatic carbocycles. The number of aryl methyl sites for hydroxylation is 1. The minimum atomic E-state index is -3.77. The number of amides is 2. The lowest BCUT2D eigenvalue weighted by molar-refractivity contribution is 0.0846. The first kappa shape index (κ1) is 20.6. The molecule has 0 fully saturated rings. The zero-order valence-electron chi connectivity index (χ0n) is 15.7. The lowest BCUT2D eigenvalue weighted by Crippen LogP contribution is -2.42. The second-order valence-corrected chi connectivity index (χ2v) is 8.84. The molecule has 0 heterocycles. The van der Waals surface area contributed by atoms with E-state index in [-0.39, 0.29) is 10.5 Å². The highest BCUT2D eigenvalue weighted by Crippen LogP contribution is 2.14. The molecule has 2 aromatic carbocycles. The molecule has 2 rings (SSSR count). The van der Waals surface area contributed by atoms with Crippen molar-refractivity contribution in [3.05, 3.63) is 65.2 Å².